The van der Waals surface area contributed by atoms with Gasteiger partial charge in [0.1, 0.15) is 12.1 Å². The first kappa shape index (κ1) is 33.1. The summed E-state index contributed by atoms with van der Waals surface area (Å²) in [6, 6.07) is 16.9. The average Bonchev–Trinajstić information content (AvgIpc) is 2.97. The van der Waals surface area contributed by atoms with Crippen molar-refractivity contribution in [1.29, 1.82) is 5.26 Å². The van der Waals surface area contributed by atoms with Gasteiger partial charge in [0.2, 0.25) is 17.7 Å². The molecule has 0 bridgehead atoms. The lowest BCUT2D eigenvalue weighted by atomic mass is 9.82. The number of primary amides is 1. The lowest BCUT2D eigenvalue weighted by Crippen LogP contribution is -2.56. The van der Waals surface area contributed by atoms with Crippen molar-refractivity contribution in [2.24, 2.45) is 28.1 Å². The van der Waals surface area contributed by atoms with E-state index in [0.29, 0.717) is 24.9 Å². The molecule has 0 aliphatic heterocycles. The van der Waals surface area contributed by atoms with E-state index in [2.05, 4.69) is 21.7 Å². The molecule has 220 valence electrons. The van der Waals surface area contributed by atoms with Crippen LogP contribution in [-0.2, 0) is 20.8 Å². The minimum absolute atomic E-state index is 0. The van der Waals surface area contributed by atoms with Crippen molar-refractivity contribution in [3.8, 4) is 6.07 Å². The lowest BCUT2D eigenvalue weighted by molar-refractivity contribution is -0.133. The van der Waals surface area contributed by atoms with Gasteiger partial charge in [-0.3, -0.25) is 19.4 Å². The maximum Gasteiger partial charge on any atom is 0.243 e. The van der Waals surface area contributed by atoms with Crippen LogP contribution in [0.5, 0.6) is 0 Å². The van der Waals surface area contributed by atoms with Gasteiger partial charge in [-0.05, 0) is 61.3 Å². The topological polar surface area (TPSA) is 189 Å². The maximum atomic E-state index is 13.8. The summed E-state index contributed by atoms with van der Waals surface area (Å²) in [7, 11) is 0. The lowest BCUT2D eigenvalue weighted by Gasteiger charge is -2.32. The Labute approximate surface area is 247 Å². The Kier molecular flexibility index (Phi) is 13.6. The zero-order chi connectivity index (χ0) is 28.9. The molecule has 11 heteroatoms. The fourth-order valence-electron chi connectivity index (χ4n) is 5.17. The number of rotatable bonds is 13. The molecule has 1 unspecified atom stereocenters. The number of nitrogens with zero attached hydrogens (tertiary/aromatic N) is 2. The number of amides is 3. The van der Waals surface area contributed by atoms with Crippen LogP contribution in [-0.4, -0.2) is 42.3 Å². The number of carbonyl (C=O) groups excluding carboxylic acids is 3. The highest BCUT2D eigenvalue weighted by Crippen LogP contribution is 2.28. The number of nitrogens with one attached hydrogen (secondary N) is 2. The first-order valence-electron chi connectivity index (χ1n) is 13.8. The van der Waals surface area contributed by atoms with Gasteiger partial charge < -0.3 is 27.8 Å². The van der Waals surface area contributed by atoms with E-state index in [0.717, 1.165) is 43.2 Å². The zero-order valence-electron chi connectivity index (χ0n) is 23.1. The smallest absolute Gasteiger partial charge is 0.243 e. The minimum Gasteiger partial charge on any atom is -0.370 e. The molecule has 0 heterocycles. The largest absolute Gasteiger partial charge is 0.370 e. The number of hydrogen-bond donors (Lipinski definition) is 5. The third-order valence-electron chi connectivity index (χ3n) is 7.35. The highest BCUT2D eigenvalue weighted by Gasteiger charge is 2.34. The summed E-state index contributed by atoms with van der Waals surface area (Å²) in [5.41, 5.74) is 18.6. The predicted molar refractivity (Wildman–Crippen MR) is 161 cm³/mol. The Bertz CT molecular complexity index is 1200. The molecule has 41 heavy (non-hydrogen) atoms. The number of guanidine groups is 1. The Morgan fingerprint density at radius 3 is 2.17 bits per heavy atom. The van der Waals surface area contributed by atoms with E-state index in [1.54, 1.807) is 12.1 Å². The molecule has 0 spiro atoms. The van der Waals surface area contributed by atoms with E-state index in [1.165, 1.54) is 0 Å². The van der Waals surface area contributed by atoms with Crippen LogP contribution in [0.2, 0.25) is 0 Å². The monoisotopic (exact) mass is 581 g/mol. The van der Waals surface area contributed by atoms with E-state index < -0.39 is 29.8 Å². The third kappa shape index (κ3) is 10.4. The summed E-state index contributed by atoms with van der Waals surface area (Å²) >= 11 is 0. The van der Waals surface area contributed by atoms with Crippen LogP contribution in [0.25, 0.3) is 0 Å². The fourth-order valence-corrected chi connectivity index (χ4v) is 5.17. The number of carbonyl (C=O) groups is 3. The molecule has 10 nitrogen and oxygen atoms in total. The summed E-state index contributed by atoms with van der Waals surface area (Å²) < 4.78 is 0. The van der Waals surface area contributed by atoms with Gasteiger partial charge in [-0.25, -0.2) is 0 Å². The van der Waals surface area contributed by atoms with Crippen molar-refractivity contribution in [2.75, 3.05) is 6.54 Å². The van der Waals surface area contributed by atoms with Crippen LogP contribution >= 0.6 is 12.4 Å². The van der Waals surface area contributed by atoms with E-state index in [-0.39, 0.29) is 36.6 Å². The van der Waals surface area contributed by atoms with E-state index in [1.807, 2.05) is 42.5 Å². The number of halogens is 1. The second-order valence-corrected chi connectivity index (χ2v) is 10.3. The standard InChI is InChI=1S/C30H39N7O3.ClH/c31-19-21-15-13-20(14-16-21)18-24(22-8-3-1-4-9-22)28(39)37-26(23-10-5-2-6-11-23)29(40)36-25(27(32)38)12-7-17-35-30(33)34;/h1,3-4,8-9,13-16,23-26H,2,5-7,10-12,17-18H2,(H2,32,38)(H,36,40)(H,37,39)(H4,33,34,35);1H/t24-,25?,26-;/m0./s1. The van der Waals surface area contributed by atoms with Crippen molar-refractivity contribution in [1.82, 2.24) is 10.6 Å². The number of benzene rings is 2. The van der Waals surface area contributed by atoms with Crippen molar-refractivity contribution in [3.05, 3.63) is 71.3 Å². The molecule has 1 aliphatic rings. The summed E-state index contributed by atoms with van der Waals surface area (Å²) in [5, 5.41) is 15.0. The van der Waals surface area contributed by atoms with E-state index in [4.69, 9.17) is 22.5 Å². The quantitative estimate of drug-likeness (QED) is 0.137. The number of hydrogen-bond acceptors (Lipinski definition) is 5. The summed E-state index contributed by atoms with van der Waals surface area (Å²) in [6.45, 7) is 0.304. The normalized spacial score (nSPS) is 15.2. The molecule has 0 radical (unpaired) electrons. The number of nitrogens with two attached hydrogens (primary N) is 3. The molecule has 0 saturated heterocycles. The highest BCUT2D eigenvalue weighted by atomic mass is 35.5. The van der Waals surface area contributed by atoms with Crippen LogP contribution in [0.4, 0.5) is 0 Å². The molecule has 2 aromatic carbocycles. The number of nitriles is 1. The second-order valence-electron chi connectivity index (χ2n) is 10.3. The highest BCUT2D eigenvalue weighted by molar-refractivity contribution is 5.93. The Morgan fingerprint density at radius 1 is 0.927 bits per heavy atom. The van der Waals surface area contributed by atoms with Gasteiger partial charge in [0.15, 0.2) is 5.96 Å². The van der Waals surface area contributed by atoms with Crippen molar-refractivity contribution in [2.45, 2.75) is 69.4 Å². The first-order chi connectivity index (χ1) is 19.3. The SMILES string of the molecule is Cl.N#Cc1ccc(C[C@H](C(=O)N[C@H](C(=O)NC(CCCN=C(N)N)C(N)=O)C2CCCCC2)c2ccccc2)cc1. The molecule has 2 aromatic rings. The van der Waals surface area contributed by atoms with Crippen LogP contribution < -0.4 is 27.8 Å². The van der Waals surface area contributed by atoms with Gasteiger partial charge in [-0.1, -0.05) is 61.7 Å². The molecule has 1 fully saturated rings. The van der Waals surface area contributed by atoms with Crippen LogP contribution in [0.1, 0.15) is 67.6 Å². The Hall–Kier alpha value is -4.10. The predicted octanol–water partition coefficient (Wildman–Crippen LogP) is 2.40. The summed E-state index contributed by atoms with van der Waals surface area (Å²) in [5.74, 6) is -2.01. The molecule has 0 aromatic heterocycles. The maximum absolute atomic E-state index is 13.8. The zero-order valence-corrected chi connectivity index (χ0v) is 23.9. The molecular formula is C30H40ClN7O3. The van der Waals surface area contributed by atoms with E-state index >= 15 is 0 Å². The number of aliphatic imine (C=N–C) groups is 1. The van der Waals surface area contributed by atoms with Gasteiger partial charge >= 0.3 is 0 Å². The first-order valence-corrected chi connectivity index (χ1v) is 13.8. The van der Waals surface area contributed by atoms with Crippen molar-refractivity contribution in [3.63, 3.8) is 0 Å². The van der Waals surface area contributed by atoms with Gasteiger partial charge in [-0.15, -0.1) is 12.4 Å². The van der Waals surface area contributed by atoms with Gasteiger partial charge in [0.05, 0.1) is 17.6 Å². The molecule has 1 saturated carbocycles. The summed E-state index contributed by atoms with van der Waals surface area (Å²) in [4.78, 5) is 43.5. The third-order valence-corrected chi connectivity index (χ3v) is 7.35. The molecule has 8 N–H and O–H groups in total. The van der Waals surface area contributed by atoms with Crippen LogP contribution in [0.15, 0.2) is 59.6 Å². The van der Waals surface area contributed by atoms with Gasteiger partial charge in [0.25, 0.3) is 0 Å². The Balaban J connectivity index is 0.00000588. The van der Waals surface area contributed by atoms with Crippen LogP contribution in [0.3, 0.4) is 0 Å². The fraction of sp³-hybridized carbons (Fsp3) is 0.433. The molecule has 3 rings (SSSR count). The van der Waals surface area contributed by atoms with Crippen LogP contribution in [0, 0.1) is 17.2 Å². The van der Waals surface area contributed by atoms with E-state index in [9.17, 15) is 14.4 Å². The molecule has 1 aliphatic carbocycles. The molecule has 3 atom stereocenters. The van der Waals surface area contributed by atoms with Crippen molar-refractivity contribution >= 4 is 36.1 Å². The molecule has 3 amide bonds. The van der Waals surface area contributed by atoms with Crippen molar-refractivity contribution < 1.29 is 14.4 Å². The van der Waals surface area contributed by atoms with Gasteiger partial charge in [-0.2, -0.15) is 5.26 Å². The van der Waals surface area contributed by atoms with Gasteiger partial charge in [0, 0.05) is 6.54 Å². The second kappa shape index (κ2) is 16.9. The summed E-state index contributed by atoms with van der Waals surface area (Å²) in [6.07, 6.45) is 5.74. The minimum atomic E-state index is -0.909. The molecular weight excluding hydrogens is 542 g/mol. The Morgan fingerprint density at radius 2 is 1.59 bits per heavy atom. The average molecular weight is 582 g/mol.